The molecule has 0 bridgehead atoms. The number of halogens is 3. The Balaban J connectivity index is 0.000000845. The molecule has 0 aromatic carbocycles. The number of nitrogens with one attached hydrogen (secondary N) is 1. The number of hydrogen-bond acceptors (Lipinski definition) is 2. The van der Waals surface area contributed by atoms with Crippen LogP contribution >= 0.6 is 36.4 Å². The van der Waals surface area contributed by atoms with Gasteiger partial charge in [-0.2, -0.15) is 5.10 Å². The highest BCUT2D eigenvalue weighted by molar-refractivity contribution is 6.31. The summed E-state index contributed by atoms with van der Waals surface area (Å²) in [4.78, 5) is 0. The summed E-state index contributed by atoms with van der Waals surface area (Å²) < 4.78 is 1.98. The fraction of sp³-hybridized carbons (Fsp3) is 0.625. The molecule has 0 spiro atoms. The van der Waals surface area contributed by atoms with Crippen molar-refractivity contribution >= 4 is 36.4 Å². The molecule has 0 radical (unpaired) electrons. The largest absolute Gasteiger partial charge is 0.314 e. The van der Waals surface area contributed by atoms with Crippen LogP contribution in [0.2, 0.25) is 5.02 Å². The predicted molar refractivity (Wildman–Crippen MR) is 62.8 cm³/mol. The van der Waals surface area contributed by atoms with E-state index in [0.717, 1.165) is 17.3 Å². The second-order valence-corrected chi connectivity index (χ2v) is 3.57. The van der Waals surface area contributed by atoms with Crippen LogP contribution in [0.1, 0.15) is 24.6 Å². The third-order valence-corrected chi connectivity index (χ3v) is 2.34. The Morgan fingerprint density at radius 1 is 1.57 bits per heavy atom. The molecule has 0 aliphatic heterocycles. The van der Waals surface area contributed by atoms with E-state index in [1.54, 1.807) is 0 Å². The van der Waals surface area contributed by atoms with Gasteiger partial charge in [0.1, 0.15) is 0 Å². The number of nitrogens with zero attached hydrogens (tertiary/aromatic N) is 2. The number of aromatic nitrogens is 2. The molecular formula is C8H14Cl3N3. The maximum absolute atomic E-state index is 5.97. The molecule has 1 aliphatic rings. The molecule has 0 amide bonds. The summed E-state index contributed by atoms with van der Waals surface area (Å²) >= 11 is 5.97. The van der Waals surface area contributed by atoms with E-state index in [1.165, 1.54) is 12.8 Å². The van der Waals surface area contributed by atoms with Gasteiger partial charge in [-0.05, 0) is 19.9 Å². The summed E-state index contributed by atoms with van der Waals surface area (Å²) in [6, 6.07) is 0.619. The highest BCUT2D eigenvalue weighted by Crippen LogP contribution is 2.35. The van der Waals surface area contributed by atoms with Crippen molar-refractivity contribution in [2.75, 3.05) is 7.05 Å². The molecule has 82 valence electrons. The Bertz CT molecular complexity index is 283. The average Bonchev–Trinajstić information content (AvgIpc) is 2.80. The quantitative estimate of drug-likeness (QED) is 0.902. The lowest BCUT2D eigenvalue weighted by molar-refractivity contribution is 0.622. The Morgan fingerprint density at radius 2 is 2.21 bits per heavy atom. The van der Waals surface area contributed by atoms with Crippen LogP contribution in [0.15, 0.2) is 6.20 Å². The molecule has 0 saturated heterocycles. The second-order valence-electron chi connectivity index (χ2n) is 3.17. The molecule has 0 unspecified atom stereocenters. The van der Waals surface area contributed by atoms with Crippen molar-refractivity contribution in [1.29, 1.82) is 0 Å². The zero-order chi connectivity index (χ0) is 8.55. The SMILES string of the molecule is CNCc1nn(C2CC2)cc1Cl.Cl.Cl. The highest BCUT2D eigenvalue weighted by Gasteiger charge is 2.25. The van der Waals surface area contributed by atoms with Gasteiger partial charge in [0.25, 0.3) is 0 Å². The molecule has 3 nitrogen and oxygen atoms in total. The Kier molecular flexibility index (Phi) is 5.83. The maximum atomic E-state index is 5.97. The first kappa shape index (κ1) is 14.0. The van der Waals surface area contributed by atoms with E-state index < -0.39 is 0 Å². The average molecular weight is 259 g/mol. The molecule has 1 saturated carbocycles. The van der Waals surface area contributed by atoms with E-state index >= 15 is 0 Å². The van der Waals surface area contributed by atoms with E-state index in [1.807, 2.05) is 17.9 Å². The minimum atomic E-state index is 0. The van der Waals surface area contributed by atoms with Crippen molar-refractivity contribution in [3.8, 4) is 0 Å². The molecule has 14 heavy (non-hydrogen) atoms. The number of rotatable bonds is 3. The summed E-state index contributed by atoms with van der Waals surface area (Å²) in [5.74, 6) is 0. The topological polar surface area (TPSA) is 29.9 Å². The van der Waals surface area contributed by atoms with E-state index in [2.05, 4.69) is 10.4 Å². The summed E-state index contributed by atoms with van der Waals surface area (Å²) in [5, 5.41) is 8.20. The standard InChI is InChI=1S/C8H12ClN3.2ClH/c1-10-4-8-7(9)5-12(11-8)6-2-3-6;;/h5-6,10H,2-4H2,1H3;2*1H. The van der Waals surface area contributed by atoms with E-state index in [-0.39, 0.29) is 24.8 Å². The molecule has 1 heterocycles. The van der Waals surface area contributed by atoms with Crippen molar-refractivity contribution in [2.45, 2.75) is 25.4 Å². The van der Waals surface area contributed by atoms with E-state index in [9.17, 15) is 0 Å². The van der Waals surface area contributed by atoms with Gasteiger partial charge in [-0.15, -0.1) is 24.8 Å². The van der Waals surface area contributed by atoms with Gasteiger partial charge < -0.3 is 5.32 Å². The molecule has 1 aliphatic carbocycles. The van der Waals surface area contributed by atoms with Gasteiger partial charge in [0.05, 0.1) is 16.8 Å². The minimum absolute atomic E-state index is 0. The van der Waals surface area contributed by atoms with Crippen LogP contribution in [0.3, 0.4) is 0 Å². The van der Waals surface area contributed by atoms with Crippen LogP contribution in [0.4, 0.5) is 0 Å². The van der Waals surface area contributed by atoms with Crippen LogP contribution < -0.4 is 5.32 Å². The van der Waals surface area contributed by atoms with E-state index in [4.69, 9.17) is 11.6 Å². The molecule has 1 aromatic heterocycles. The van der Waals surface area contributed by atoms with Gasteiger partial charge in [-0.25, -0.2) is 0 Å². The summed E-state index contributed by atoms with van der Waals surface area (Å²) in [6.07, 6.45) is 4.42. The molecule has 2 rings (SSSR count). The van der Waals surface area contributed by atoms with Crippen molar-refractivity contribution < 1.29 is 0 Å². The van der Waals surface area contributed by atoms with E-state index in [0.29, 0.717) is 6.04 Å². The first-order chi connectivity index (χ1) is 5.81. The number of hydrogen-bond donors (Lipinski definition) is 1. The normalized spacial score (nSPS) is 14.4. The highest BCUT2D eigenvalue weighted by atomic mass is 35.5. The minimum Gasteiger partial charge on any atom is -0.314 e. The predicted octanol–water partition coefficient (Wildman–Crippen LogP) is 2.43. The lowest BCUT2D eigenvalue weighted by atomic mass is 10.4. The first-order valence-electron chi connectivity index (χ1n) is 4.19. The summed E-state index contributed by atoms with van der Waals surface area (Å²) in [5.41, 5.74) is 0.950. The molecular weight excluding hydrogens is 244 g/mol. The van der Waals surface area contributed by atoms with Crippen molar-refractivity contribution in [3.05, 3.63) is 16.9 Å². The van der Waals surface area contributed by atoms with Crippen molar-refractivity contribution in [1.82, 2.24) is 15.1 Å². The third-order valence-electron chi connectivity index (χ3n) is 2.02. The maximum Gasteiger partial charge on any atom is 0.0948 e. The lowest BCUT2D eigenvalue weighted by Crippen LogP contribution is -2.06. The summed E-state index contributed by atoms with van der Waals surface area (Å²) in [7, 11) is 1.90. The molecule has 6 heteroatoms. The van der Waals surface area contributed by atoms with Crippen molar-refractivity contribution in [2.24, 2.45) is 0 Å². The van der Waals surface area contributed by atoms with Gasteiger partial charge in [0.15, 0.2) is 0 Å². The zero-order valence-electron chi connectivity index (χ0n) is 7.86. The van der Waals surface area contributed by atoms with Gasteiger partial charge in [-0.1, -0.05) is 11.6 Å². The van der Waals surface area contributed by atoms with Crippen molar-refractivity contribution in [3.63, 3.8) is 0 Å². The van der Waals surface area contributed by atoms with Gasteiger partial charge in [0.2, 0.25) is 0 Å². The Labute approximate surface area is 101 Å². The third kappa shape index (κ3) is 3.02. The van der Waals surface area contributed by atoms with Gasteiger partial charge in [-0.3, -0.25) is 4.68 Å². The lowest BCUT2D eigenvalue weighted by Gasteiger charge is -1.95. The molecule has 1 fully saturated rings. The monoisotopic (exact) mass is 257 g/mol. The van der Waals surface area contributed by atoms with Gasteiger partial charge >= 0.3 is 0 Å². The Hall–Kier alpha value is 0.0400. The van der Waals surface area contributed by atoms with Crippen LogP contribution in [-0.4, -0.2) is 16.8 Å². The van der Waals surface area contributed by atoms with Crippen LogP contribution in [0, 0.1) is 0 Å². The zero-order valence-corrected chi connectivity index (χ0v) is 10.3. The van der Waals surface area contributed by atoms with Crippen LogP contribution in [0.25, 0.3) is 0 Å². The van der Waals surface area contributed by atoms with Crippen LogP contribution in [-0.2, 0) is 6.54 Å². The summed E-state index contributed by atoms with van der Waals surface area (Å²) in [6.45, 7) is 0.749. The Morgan fingerprint density at radius 3 is 2.71 bits per heavy atom. The molecule has 1 aromatic rings. The molecule has 0 atom stereocenters. The van der Waals surface area contributed by atoms with Gasteiger partial charge in [0, 0.05) is 12.7 Å². The van der Waals surface area contributed by atoms with Crippen LogP contribution in [0.5, 0.6) is 0 Å². The molecule has 1 N–H and O–H groups in total. The second kappa shape index (κ2) is 5.81. The first-order valence-corrected chi connectivity index (χ1v) is 4.57. The fourth-order valence-corrected chi connectivity index (χ4v) is 1.42. The fourth-order valence-electron chi connectivity index (χ4n) is 1.22. The smallest absolute Gasteiger partial charge is 0.0948 e.